The fourth-order valence-electron chi connectivity index (χ4n) is 4.15. The summed E-state index contributed by atoms with van der Waals surface area (Å²) in [5, 5.41) is 22.3. The predicted octanol–water partition coefficient (Wildman–Crippen LogP) is 2.42. The molecular weight excluding hydrogens is 404 g/mol. The van der Waals surface area contributed by atoms with Gasteiger partial charge in [-0.2, -0.15) is 0 Å². The standard InChI is InChI=1S/C24H22N2O2.C2H4O2/c27-18-8-4-7-17(13-18)23-24-20(11-12-25-23)21-14-19(9-10-22(21)26-24)28-15-16-5-2-1-3-6-16;1-2(3)4/h1-10,13-14,23,25-27H,11-12,15H2;1H3,(H,3,4). The summed E-state index contributed by atoms with van der Waals surface area (Å²) in [7, 11) is 0. The number of nitrogens with two attached hydrogens (primary N) is 1. The van der Waals surface area contributed by atoms with Crippen LogP contribution in [0, 0.1) is 0 Å². The maximum Gasteiger partial charge on any atom is 0.153 e. The van der Waals surface area contributed by atoms with Crippen LogP contribution < -0.4 is 15.2 Å². The van der Waals surface area contributed by atoms with Gasteiger partial charge in [0.05, 0.1) is 12.2 Å². The second-order valence-corrected chi connectivity index (χ2v) is 7.84. The zero-order valence-electron chi connectivity index (χ0n) is 17.9. The molecule has 0 bridgehead atoms. The molecule has 1 aromatic heterocycles. The lowest BCUT2D eigenvalue weighted by Crippen LogP contribution is -2.87. The van der Waals surface area contributed by atoms with E-state index in [1.165, 1.54) is 16.6 Å². The van der Waals surface area contributed by atoms with Gasteiger partial charge in [-0.05, 0) is 48.4 Å². The van der Waals surface area contributed by atoms with Crippen molar-refractivity contribution in [2.75, 3.05) is 6.54 Å². The zero-order valence-corrected chi connectivity index (χ0v) is 17.9. The van der Waals surface area contributed by atoms with E-state index in [0.717, 1.165) is 42.3 Å². The number of aromatic amines is 1. The summed E-state index contributed by atoms with van der Waals surface area (Å²) in [5.41, 5.74) is 6.01. The summed E-state index contributed by atoms with van der Waals surface area (Å²) >= 11 is 0. The average molecular weight is 431 g/mol. The minimum atomic E-state index is -1.08. The molecule has 32 heavy (non-hydrogen) atoms. The highest BCUT2D eigenvalue weighted by Crippen LogP contribution is 2.33. The molecule has 0 saturated heterocycles. The van der Waals surface area contributed by atoms with Crippen LogP contribution in [0.2, 0.25) is 0 Å². The van der Waals surface area contributed by atoms with E-state index in [-0.39, 0.29) is 6.04 Å². The Bertz CT molecular complexity index is 1210. The highest BCUT2D eigenvalue weighted by molar-refractivity contribution is 5.86. The van der Waals surface area contributed by atoms with E-state index in [0.29, 0.717) is 12.4 Å². The molecule has 3 aromatic carbocycles. The number of carboxylic acid groups (broad SMARTS) is 1. The van der Waals surface area contributed by atoms with E-state index >= 15 is 0 Å². The first-order chi connectivity index (χ1) is 15.5. The first-order valence-corrected chi connectivity index (χ1v) is 10.6. The topological polar surface area (TPSA) is 102 Å². The number of quaternary nitrogens is 1. The Labute approximate surface area is 186 Å². The number of H-pyrrole nitrogens is 1. The summed E-state index contributed by atoms with van der Waals surface area (Å²) in [5.74, 6) is 0.118. The van der Waals surface area contributed by atoms with Crippen LogP contribution in [0.1, 0.15) is 35.3 Å². The molecule has 1 unspecified atom stereocenters. The van der Waals surface area contributed by atoms with Gasteiger partial charge in [-0.1, -0.05) is 42.5 Å². The van der Waals surface area contributed by atoms with Crippen molar-refractivity contribution in [3.8, 4) is 11.5 Å². The molecule has 4 N–H and O–H groups in total. The number of hydrogen-bond acceptors (Lipinski definition) is 4. The van der Waals surface area contributed by atoms with E-state index in [4.69, 9.17) is 14.6 Å². The predicted molar refractivity (Wildman–Crippen MR) is 120 cm³/mol. The van der Waals surface area contributed by atoms with Gasteiger partial charge in [0.25, 0.3) is 0 Å². The summed E-state index contributed by atoms with van der Waals surface area (Å²) in [6, 6.07) is 24.3. The second kappa shape index (κ2) is 9.58. The maximum atomic E-state index is 9.88. The van der Waals surface area contributed by atoms with Gasteiger partial charge in [-0.15, -0.1) is 0 Å². The molecule has 0 amide bonds. The van der Waals surface area contributed by atoms with Crippen molar-refractivity contribution in [3.05, 3.63) is 95.2 Å². The fraction of sp³-hybridized carbons (Fsp3) is 0.192. The van der Waals surface area contributed by atoms with Crippen LogP contribution in [0.4, 0.5) is 0 Å². The number of carboxylic acids is 1. The van der Waals surface area contributed by atoms with Crippen LogP contribution in [0.25, 0.3) is 10.9 Å². The molecule has 5 rings (SSSR count). The molecule has 4 aromatic rings. The van der Waals surface area contributed by atoms with Crippen molar-refractivity contribution in [2.24, 2.45) is 0 Å². The number of carbonyl (C=O) groups excluding carboxylic acids is 1. The highest BCUT2D eigenvalue weighted by atomic mass is 16.5. The normalized spacial score (nSPS) is 14.8. The van der Waals surface area contributed by atoms with Crippen molar-refractivity contribution in [1.29, 1.82) is 0 Å². The van der Waals surface area contributed by atoms with Crippen LogP contribution in [0.15, 0.2) is 72.8 Å². The van der Waals surface area contributed by atoms with Crippen LogP contribution in [0.3, 0.4) is 0 Å². The van der Waals surface area contributed by atoms with E-state index in [9.17, 15) is 5.11 Å². The van der Waals surface area contributed by atoms with E-state index in [1.54, 1.807) is 6.07 Å². The van der Waals surface area contributed by atoms with Crippen LogP contribution in [-0.4, -0.2) is 22.6 Å². The fourth-order valence-corrected chi connectivity index (χ4v) is 4.15. The van der Waals surface area contributed by atoms with Gasteiger partial charge in [0, 0.05) is 28.9 Å². The average Bonchev–Trinajstić information content (AvgIpc) is 3.16. The van der Waals surface area contributed by atoms with Crippen molar-refractivity contribution in [3.63, 3.8) is 0 Å². The van der Waals surface area contributed by atoms with Crippen molar-refractivity contribution in [2.45, 2.75) is 26.0 Å². The number of phenols is 1. The number of aromatic nitrogens is 1. The number of fused-ring (bicyclic) bond motifs is 3. The van der Waals surface area contributed by atoms with Gasteiger partial charge >= 0.3 is 0 Å². The van der Waals surface area contributed by atoms with Gasteiger partial charge < -0.3 is 30.0 Å². The van der Waals surface area contributed by atoms with Crippen molar-refractivity contribution >= 4 is 16.9 Å². The number of phenolic OH excluding ortho intramolecular Hbond substituents is 1. The Morgan fingerprint density at radius 3 is 2.66 bits per heavy atom. The van der Waals surface area contributed by atoms with E-state index in [1.807, 2.05) is 36.4 Å². The molecule has 6 nitrogen and oxygen atoms in total. The third-order valence-corrected chi connectivity index (χ3v) is 5.50. The molecular formula is C26H26N2O4. The lowest BCUT2D eigenvalue weighted by atomic mass is 9.94. The molecule has 1 aliphatic rings. The van der Waals surface area contributed by atoms with Crippen LogP contribution in [-0.2, 0) is 17.8 Å². The Morgan fingerprint density at radius 2 is 1.91 bits per heavy atom. The molecule has 0 aliphatic carbocycles. The Morgan fingerprint density at radius 1 is 1.12 bits per heavy atom. The zero-order chi connectivity index (χ0) is 22.5. The first kappa shape index (κ1) is 21.5. The third-order valence-electron chi connectivity index (χ3n) is 5.50. The van der Waals surface area contributed by atoms with Gasteiger partial charge in [0.1, 0.15) is 18.1 Å². The monoisotopic (exact) mass is 430 g/mol. The second-order valence-electron chi connectivity index (χ2n) is 7.84. The van der Waals surface area contributed by atoms with Gasteiger partial charge in [0.2, 0.25) is 0 Å². The molecule has 2 heterocycles. The number of carbonyl (C=O) groups is 1. The summed E-state index contributed by atoms with van der Waals surface area (Å²) in [4.78, 5) is 12.5. The Kier molecular flexibility index (Phi) is 6.42. The minimum Gasteiger partial charge on any atom is -0.550 e. The number of hydrogen-bond donors (Lipinski definition) is 3. The molecule has 0 radical (unpaired) electrons. The maximum absolute atomic E-state index is 9.88. The number of aliphatic carboxylic acids is 1. The minimum absolute atomic E-state index is 0.178. The number of aromatic hydroxyl groups is 1. The number of nitrogens with one attached hydrogen (secondary N) is 1. The summed E-state index contributed by atoms with van der Waals surface area (Å²) in [6.07, 6.45) is 1.02. The van der Waals surface area contributed by atoms with Crippen molar-refractivity contribution in [1.82, 2.24) is 4.98 Å². The molecule has 0 saturated carbocycles. The quantitative estimate of drug-likeness (QED) is 0.463. The Balaban J connectivity index is 0.000000567. The van der Waals surface area contributed by atoms with Crippen LogP contribution in [0.5, 0.6) is 11.5 Å². The molecule has 0 fully saturated rings. The molecule has 1 atom stereocenters. The first-order valence-electron chi connectivity index (χ1n) is 10.6. The third kappa shape index (κ3) is 4.92. The SMILES string of the molecule is CC(=O)[O-].Oc1cccc(C2[NH2+]CCc3c2[nH]c2ccc(OCc4ccccc4)cc32)c1. The molecule has 164 valence electrons. The molecule has 6 heteroatoms. The van der Waals surface area contributed by atoms with Gasteiger partial charge in [0.15, 0.2) is 6.04 Å². The number of benzene rings is 3. The van der Waals surface area contributed by atoms with Gasteiger partial charge in [-0.25, -0.2) is 0 Å². The summed E-state index contributed by atoms with van der Waals surface area (Å²) < 4.78 is 6.03. The molecule has 1 aliphatic heterocycles. The van der Waals surface area contributed by atoms with E-state index in [2.05, 4.69) is 40.6 Å². The van der Waals surface area contributed by atoms with E-state index < -0.39 is 5.97 Å². The van der Waals surface area contributed by atoms with Crippen molar-refractivity contribution < 1.29 is 25.1 Å². The lowest BCUT2D eigenvalue weighted by molar-refractivity contribution is -0.690. The summed E-state index contributed by atoms with van der Waals surface area (Å²) in [6.45, 7) is 2.56. The number of rotatable bonds is 4. The van der Waals surface area contributed by atoms with Crippen LogP contribution >= 0.6 is 0 Å². The number of ether oxygens (including phenoxy) is 1. The largest absolute Gasteiger partial charge is 0.550 e. The van der Waals surface area contributed by atoms with Gasteiger partial charge in [-0.3, -0.25) is 0 Å². The highest BCUT2D eigenvalue weighted by Gasteiger charge is 2.28. The smallest absolute Gasteiger partial charge is 0.153 e. The molecule has 0 spiro atoms. The lowest BCUT2D eigenvalue weighted by Gasteiger charge is -2.21. The Hall–Kier alpha value is -3.77.